The van der Waals surface area contributed by atoms with E-state index >= 15 is 0 Å². The molecule has 1 N–H and O–H groups in total. The van der Waals surface area contributed by atoms with Crippen molar-refractivity contribution in [3.63, 3.8) is 0 Å². The lowest BCUT2D eigenvalue weighted by molar-refractivity contribution is -0.131. The van der Waals surface area contributed by atoms with E-state index in [0.29, 0.717) is 19.5 Å². The fraction of sp³-hybridized carbons (Fsp3) is 0.640. The fourth-order valence-electron chi connectivity index (χ4n) is 4.51. The molecular weight excluding hydrogens is 388 g/mol. The number of carbonyl (C=O) groups is 2. The van der Waals surface area contributed by atoms with Gasteiger partial charge in [-0.3, -0.25) is 9.59 Å². The van der Waals surface area contributed by atoms with E-state index in [-0.39, 0.29) is 17.7 Å². The van der Waals surface area contributed by atoms with Gasteiger partial charge in [0.2, 0.25) is 11.8 Å². The van der Waals surface area contributed by atoms with Crippen LogP contribution in [0.5, 0.6) is 0 Å². The molecule has 6 heteroatoms. The number of nitrogens with zero attached hydrogens (tertiary/aromatic N) is 3. The van der Waals surface area contributed by atoms with Gasteiger partial charge >= 0.3 is 0 Å². The number of rotatable bonds is 10. The molecule has 0 spiro atoms. The van der Waals surface area contributed by atoms with E-state index < -0.39 is 0 Å². The Morgan fingerprint density at radius 1 is 1.06 bits per heavy atom. The number of nitrogens with one attached hydrogen (secondary N) is 1. The van der Waals surface area contributed by atoms with E-state index in [1.165, 1.54) is 12.8 Å². The van der Waals surface area contributed by atoms with Crippen LogP contribution < -0.4 is 5.32 Å². The SMILES string of the molecule is CCC(CC)C(=O)NCCCc1nc2ccccc2n1CCC(=O)N1CCCCCC1. The van der Waals surface area contributed by atoms with E-state index in [1.54, 1.807) is 0 Å². The predicted octanol–water partition coefficient (Wildman–Crippen LogP) is 4.31. The summed E-state index contributed by atoms with van der Waals surface area (Å²) < 4.78 is 2.20. The number of para-hydroxylation sites is 2. The number of benzene rings is 1. The van der Waals surface area contributed by atoms with Crippen LogP contribution >= 0.6 is 0 Å². The maximum absolute atomic E-state index is 12.8. The van der Waals surface area contributed by atoms with Gasteiger partial charge < -0.3 is 14.8 Å². The Bertz CT molecular complexity index is 848. The number of hydrogen-bond acceptors (Lipinski definition) is 3. The number of likely N-dealkylation sites (tertiary alicyclic amines) is 1. The van der Waals surface area contributed by atoms with Crippen molar-refractivity contribution in [1.82, 2.24) is 19.8 Å². The number of aryl methyl sites for hydroxylation is 2. The Morgan fingerprint density at radius 2 is 1.77 bits per heavy atom. The third-order valence-corrected chi connectivity index (χ3v) is 6.47. The molecule has 2 heterocycles. The van der Waals surface area contributed by atoms with Gasteiger partial charge in [-0.05, 0) is 44.2 Å². The molecule has 1 saturated heterocycles. The molecule has 0 aliphatic carbocycles. The Hall–Kier alpha value is -2.37. The number of imidazole rings is 1. The molecule has 1 fully saturated rings. The minimum absolute atomic E-state index is 0.106. The molecule has 6 nitrogen and oxygen atoms in total. The lowest BCUT2D eigenvalue weighted by Crippen LogP contribution is -2.32. The van der Waals surface area contributed by atoms with Crippen LogP contribution in [0.4, 0.5) is 0 Å². The van der Waals surface area contributed by atoms with Crippen molar-refractivity contribution in [2.24, 2.45) is 5.92 Å². The van der Waals surface area contributed by atoms with Crippen LogP contribution in [0.2, 0.25) is 0 Å². The fourth-order valence-corrected chi connectivity index (χ4v) is 4.51. The van der Waals surface area contributed by atoms with Crippen LogP contribution in [0, 0.1) is 5.92 Å². The summed E-state index contributed by atoms with van der Waals surface area (Å²) in [6.45, 7) is 7.22. The normalized spacial score (nSPS) is 14.7. The first-order chi connectivity index (χ1) is 15.1. The monoisotopic (exact) mass is 426 g/mol. The van der Waals surface area contributed by atoms with Gasteiger partial charge in [0.1, 0.15) is 5.82 Å². The number of hydrogen-bond donors (Lipinski definition) is 1. The van der Waals surface area contributed by atoms with Gasteiger partial charge in [-0.2, -0.15) is 0 Å². The van der Waals surface area contributed by atoms with Crippen molar-refractivity contribution in [3.05, 3.63) is 30.1 Å². The Morgan fingerprint density at radius 3 is 2.48 bits per heavy atom. The summed E-state index contributed by atoms with van der Waals surface area (Å²) >= 11 is 0. The van der Waals surface area contributed by atoms with Crippen LogP contribution in [-0.2, 0) is 22.6 Å². The lowest BCUT2D eigenvalue weighted by Gasteiger charge is -2.20. The highest BCUT2D eigenvalue weighted by Gasteiger charge is 2.18. The molecule has 2 aromatic rings. The third kappa shape index (κ3) is 6.31. The zero-order valence-corrected chi connectivity index (χ0v) is 19.2. The average Bonchev–Trinajstić information content (AvgIpc) is 2.93. The number of amides is 2. The van der Waals surface area contributed by atoms with E-state index in [1.807, 2.05) is 23.1 Å². The smallest absolute Gasteiger partial charge is 0.224 e. The molecular formula is C25H38N4O2. The standard InChI is InChI=1S/C25H38N4O2/c1-3-20(4-2)25(31)26-16-11-14-23-27-21-12-7-8-13-22(21)29(23)19-15-24(30)28-17-9-5-6-10-18-28/h7-8,12-13,20H,3-6,9-11,14-19H2,1-2H3,(H,26,31). The molecule has 1 aromatic heterocycles. The van der Waals surface area contributed by atoms with Gasteiger partial charge in [0, 0.05) is 44.9 Å². The van der Waals surface area contributed by atoms with Gasteiger partial charge in [-0.25, -0.2) is 4.98 Å². The molecule has 1 aliphatic heterocycles. The minimum Gasteiger partial charge on any atom is -0.356 e. The van der Waals surface area contributed by atoms with E-state index in [0.717, 1.165) is 68.5 Å². The largest absolute Gasteiger partial charge is 0.356 e. The molecule has 3 rings (SSSR count). The number of aromatic nitrogens is 2. The predicted molar refractivity (Wildman–Crippen MR) is 125 cm³/mol. The van der Waals surface area contributed by atoms with Crippen molar-refractivity contribution < 1.29 is 9.59 Å². The minimum atomic E-state index is 0.106. The average molecular weight is 427 g/mol. The molecule has 170 valence electrons. The van der Waals surface area contributed by atoms with Crippen molar-refractivity contribution in [2.45, 2.75) is 78.2 Å². The quantitative estimate of drug-likeness (QED) is 0.576. The van der Waals surface area contributed by atoms with Crippen molar-refractivity contribution in [1.29, 1.82) is 0 Å². The highest BCUT2D eigenvalue weighted by molar-refractivity contribution is 5.79. The van der Waals surface area contributed by atoms with Gasteiger partial charge in [0.25, 0.3) is 0 Å². The molecule has 0 bridgehead atoms. The Kier molecular flexibility index (Phi) is 8.92. The summed E-state index contributed by atoms with van der Waals surface area (Å²) in [6.07, 6.45) is 8.60. The van der Waals surface area contributed by atoms with Crippen LogP contribution in [0.3, 0.4) is 0 Å². The summed E-state index contributed by atoms with van der Waals surface area (Å²) in [7, 11) is 0. The zero-order chi connectivity index (χ0) is 22.1. The van der Waals surface area contributed by atoms with Gasteiger partial charge in [-0.1, -0.05) is 38.8 Å². The molecule has 0 radical (unpaired) electrons. The first-order valence-corrected chi connectivity index (χ1v) is 12.1. The topological polar surface area (TPSA) is 67.2 Å². The molecule has 1 aromatic carbocycles. The van der Waals surface area contributed by atoms with Crippen molar-refractivity contribution in [2.75, 3.05) is 19.6 Å². The van der Waals surface area contributed by atoms with Crippen LogP contribution in [0.15, 0.2) is 24.3 Å². The summed E-state index contributed by atoms with van der Waals surface area (Å²) in [5, 5.41) is 3.07. The van der Waals surface area contributed by atoms with E-state index in [2.05, 4.69) is 29.8 Å². The molecule has 0 saturated carbocycles. The van der Waals surface area contributed by atoms with Crippen LogP contribution in [-0.4, -0.2) is 45.9 Å². The third-order valence-electron chi connectivity index (χ3n) is 6.47. The highest BCUT2D eigenvalue weighted by atomic mass is 16.2. The highest BCUT2D eigenvalue weighted by Crippen LogP contribution is 2.19. The Labute approximate surface area is 186 Å². The lowest BCUT2D eigenvalue weighted by atomic mass is 10.0. The summed E-state index contributed by atoms with van der Waals surface area (Å²) in [5.41, 5.74) is 2.06. The molecule has 0 atom stereocenters. The van der Waals surface area contributed by atoms with E-state index in [9.17, 15) is 9.59 Å². The second-order valence-electron chi connectivity index (χ2n) is 8.62. The van der Waals surface area contributed by atoms with Crippen molar-refractivity contribution in [3.8, 4) is 0 Å². The zero-order valence-electron chi connectivity index (χ0n) is 19.2. The van der Waals surface area contributed by atoms with Gasteiger partial charge in [0.05, 0.1) is 11.0 Å². The van der Waals surface area contributed by atoms with E-state index in [4.69, 9.17) is 4.98 Å². The van der Waals surface area contributed by atoms with Crippen LogP contribution in [0.1, 0.15) is 71.0 Å². The summed E-state index contributed by atoms with van der Waals surface area (Å²) in [6, 6.07) is 8.14. The second kappa shape index (κ2) is 11.9. The van der Waals surface area contributed by atoms with Gasteiger partial charge in [0.15, 0.2) is 0 Å². The molecule has 31 heavy (non-hydrogen) atoms. The molecule has 1 aliphatic rings. The van der Waals surface area contributed by atoms with Crippen LogP contribution in [0.25, 0.3) is 11.0 Å². The first kappa shape index (κ1) is 23.3. The number of fused-ring (bicyclic) bond motifs is 1. The summed E-state index contributed by atoms with van der Waals surface area (Å²) in [5.74, 6) is 1.51. The number of carbonyl (C=O) groups excluding carboxylic acids is 2. The maximum atomic E-state index is 12.8. The van der Waals surface area contributed by atoms with Crippen molar-refractivity contribution >= 4 is 22.8 Å². The maximum Gasteiger partial charge on any atom is 0.224 e. The first-order valence-electron chi connectivity index (χ1n) is 12.1. The molecule has 2 amide bonds. The van der Waals surface area contributed by atoms with Gasteiger partial charge in [-0.15, -0.1) is 0 Å². The Balaban J connectivity index is 1.60. The molecule has 0 unspecified atom stereocenters. The summed E-state index contributed by atoms with van der Waals surface area (Å²) in [4.78, 5) is 31.9. The second-order valence-corrected chi connectivity index (χ2v) is 8.62.